The van der Waals surface area contributed by atoms with Gasteiger partial charge in [-0.3, -0.25) is 10.1 Å². The summed E-state index contributed by atoms with van der Waals surface area (Å²) >= 11 is 0. The molecule has 2 heterocycles. The van der Waals surface area contributed by atoms with E-state index >= 15 is 0 Å². The molecular weight excluding hydrogens is 232 g/mol. The van der Waals surface area contributed by atoms with E-state index in [0.29, 0.717) is 6.42 Å². The number of hydrogen-bond donors (Lipinski definition) is 4. The van der Waals surface area contributed by atoms with Crippen LogP contribution in [0.3, 0.4) is 0 Å². The number of hydrogen-bond acceptors (Lipinski definition) is 3. The van der Waals surface area contributed by atoms with Crippen LogP contribution in [0.25, 0.3) is 10.9 Å². The predicted octanol–water partition coefficient (Wildman–Crippen LogP) is 1.53. The Morgan fingerprint density at radius 1 is 1.44 bits per heavy atom. The lowest BCUT2D eigenvalue weighted by molar-refractivity contribution is -0.139. The van der Waals surface area contributed by atoms with Gasteiger partial charge in [-0.1, -0.05) is 0 Å². The fraction of sp³-hybridized carbons (Fsp3) is 0.308. The van der Waals surface area contributed by atoms with Crippen molar-refractivity contribution in [1.82, 2.24) is 10.3 Å². The molecule has 0 radical (unpaired) electrons. The van der Waals surface area contributed by atoms with Crippen molar-refractivity contribution < 1.29 is 15.0 Å². The lowest BCUT2D eigenvalue weighted by atomic mass is 10.0. The number of carbonyl (C=O) groups is 1. The molecule has 1 aromatic heterocycles. The third-order valence-corrected chi connectivity index (χ3v) is 3.55. The number of aliphatic carboxylic acids is 1. The van der Waals surface area contributed by atoms with Crippen molar-refractivity contribution in [1.29, 1.82) is 0 Å². The molecule has 1 aliphatic heterocycles. The maximum absolute atomic E-state index is 11.2. The lowest BCUT2D eigenvalue weighted by Gasteiger charge is -2.18. The average Bonchev–Trinajstić information content (AvgIpc) is 2.63. The van der Waals surface area contributed by atoms with Crippen molar-refractivity contribution in [3.8, 4) is 5.75 Å². The van der Waals surface area contributed by atoms with Gasteiger partial charge in [0.1, 0.15) is 11.8 Å². The second kappa shape index (κ2) is 3.74. The highest BCUT2D eigenvalue weighted by molar-refractivity contribution is 5.90. The van der Waals surface area contributed by atoms with Crippen LogP contribution in [0, 0.1) is 0 Å². The zero-order valence-electron chi connectivity index (χ0n) is 9.90. The van der Waals surface area contributed by atoms with E-state index < -0.39 is 12.0 Å². The highest BCUT2D eigenvalue weighted by Gasteiger charge is 2.29. The molecule has 5 nitrogen and oxygen atoms in total. The monoisotopic (exact) mass is 246 g/mol. The van der Waals surface area contributed by atoms with Crippen LogP contribution < -0.4 is 5.32 Å². The zero-order chi connectivity index (χ0) is 12.9. The van der Waals surface area contributed by atoms with E-state index in [4.69, 9.17) is 0 Å². The number of rotatable bonds is 1. The summed E-state index contributed by atoms with van der Waals surface area (Å²) in [5.74, 6) is -0.669. The number of carboxylic acid groups (broad SMARTS) is 1. The van der Waals surface area contributed by atoms with Crippen LogP contribution in [0.2, 0.25) is 0 Å². The minimum absolute atomic E-state index is 0.202. The van der Waals surface area contributed by atoms with Gasteiger partial charge >= 0.3 is 5.97 Å². The molecule has 94 valence electrons. The van der Waals surface area contributed by atoms with E-state index in [0.717, 1.165) is 22.0 Å². The number of phenolic OH excluding ortho intramolecular Hbond substituents is 1. The Morgan fingerprint density at radius 3 is 2.94 bits per heavy atom. The number of carboxylic acids is 1. The molecule has 1 aromatic carbocycles. The van der Waals surface area contributed by atoms with E-state index in [1.54, 1.807) is 6.07 Å². The normalized spacial score (nSPS) is 22.9. The fourth-order valence-electron chi connectivity index (χ4n) is 2.73. The highest BCUT2D eigenvalue weighted by atomic mass is 16.4. The Balaban J connectivity index is 2.25. The smallest absolute Gasteiger partial charge is 0.321 e. The number of nitrogens with one attached hydrogen (secondary N) is 2. The molecule has 0 saturated heterocycles. The molecule has 5 heteroatoms. The minimum atomic E-state index is -0.872. The molecule has 0 amide bonds. The second-order valence-corrected chi connectivity index (χ2v) is 4.72. The zero-order valence-corrected chi connectivity index (χ0v) is 9.90. The van der Waals surface area contributed by atoms with E-state index in [1.165, 1.54) is 0 Å². The first-order chi connectivity index (χ1) is 8.58. The average molecular weight is 246 g/mol. The standard InChI is InChI=1S/C13H14N2O3/c1-6-11-10(16)3-2-8-12(11)7(5-14-8)4-9(15-6)13(17)18/h2-3,5-6,9,14-16H,4H2,1H3,(H,17,18)/t6-,9+/m0/s1. The van der Waals surface area contributed by atoms with Crippen LogP contribution in [0.5, 0.6) is 5.75 Å². The van der Waals surface area contributed by atoms with Gasteiger partial charge in [0.15, 0.2) is 0 Å². The van der Waals surface area contributed by atoms with Gasteiger partial charge in [-0.05, 0) is 24.6 Å². The van der Waals surface area contributed by atoms with Gasteiger partial charge in [-0.2, -0.15) is 0 Å². The van der Waals surface area contributed by atoms with Crippen molar-refractivity contribution in [2.24, 2.45) is 0 Å². The molecule has 4 N–H and O–H groups in total. The van der Waals surface area contributed by atoms with Gasteiger partial charge in [0.05, 0.1) is 0 Å². The summed E-state index contributed by atoms with van der Waals surface area (Å²) in [7, 11) is 0. The summed E-state index contributed by atoms with van der Waals surface area (Å²) in [6.45, 7) is 1.87. The SMILES string of the molecule is C[C@@H]1N[C@@H](C(=O)O)Cc2c[nH]c3ccc(O)c1c23. The van der Waals surface area contributed by atoms with E-state index in [1.807, 2.05) is 19.2 Å². The quantitative estimate of drug-likeness (QED) is 0.614. The summed E-state index contributed by atoms with van der Waals surface area (Å²) in [4.78, 5) is 14.3. The van der Waals surface area contributed by atoms with E-state index in [9.17, 15) is 15.0 Å². The lowest BCUT2D eigenvalue weighted by Crippen LogP contribution is -2.38. The molecule has 0 aliphatic carbocycles. The molecule has 0 fully saturated rings. The van der Waals surface area contributed by atoms with Crippen LogP contribution in [-0.2, 0) is 11.2 Å². The first-order valence-electron chi connectivity index (χ1n) is 5.88. The third-order valence-electron chi connectivity index (χ3n) is 3.55. The molecule has 3 rings (SSSR count). The number of aromatic nitrogens is 1. The van der Waals surface area contributed by atoms with Crippen LogP contribution in [0.4, 0.5) is 0 Å². The van der Waals surface area contributed by atoms with Gasteiger partial charge in [0.2, 0.25) is 0 Å². The molecule has 0 spiro atoms. The van der Waals surface area contributed by atoms with E-state index in [2.05, 4.69) is 10.3 Å². The molecule has 2 aromatic rings. The van der Waals surface area contributed by atoms with Crippen molar-refractivity contribution in [2.45, 2.75) is 25.4 Å². The number of benzene rings is 1. The van der Waals surface area contributed by atoms with E-state index in [-0.39, 0.29) is 11.8 Å². The van der Waals surface area contributed by atoms with Crippen molar-refractivity contribution in [2.75, 3.05) is 0 Å². The second-order valence-electron chi connectivity index (χ2n) is 4.72. The predicted molar refractivity (Wildman–Crippen MR) is 66.6 cm³/mol. The van der Waals surface area contributed by atoms with Gasteiger partial charge in [0.25, 0.3) is 0 Å². The van der Waals surface area contributed by atoms with Gasteiger partial charge in [0, 0.05) is 35.1 Å². The topological polar surface area (TPSA) is 85.4 Å². The third kappa shape index (κ3) is 1.48. The first-order valence-corrected chi connectivity index (χ1v) is 5.88. The molecule has 0 bridgehead atoms. The molecular formula is C13H14N2O3. The van der Waals surface area contributed by atoms with Crippen LogP contribution >= 0.6 is 0 Å². The maximum Gasteiger partial charge on any atom is 0.321 e. The minimum Gasteiger partial charge on any atom is -0.508 e. The Hall–Kier alpha value is -2.01. The fourth-order valence-corrected chi connectivity index (χ4v) is 2.73. The Labute approximate surface area is 103 Å². The van der Waals surface area contributed by atoms with Crippen molar-refractivity contribution in [3.05, 3.63) is 29.5 Å². The number of H-pyrrole nitrogens is 1. The molecule has 18 heavy (non-hydrogen) atoms. The van der Waals surface area contributed by atoms with Crippen LogP contribution in [-0.4, -0.2) is 27.2 Å². The molecule has 1 aliphatic rings. The Morgan fingerprint density at radius 2 is 2.22 bits per heavy atom. The van der Waals surface area contributed by atoms with Crippen LogP contribution in [0.1, 0.15) is 24.1 Å². The van der Waals surface area contributed by atoms with Gasteiger partial charge in [-0.15, -0.1) is 0 Å². The first kappa shape index (κ1) is 11.1. The maximum atomic E-state index is 11.2. The van der Waals surface area contributed by atoms with Gasteiger partial charge in [-0.25, -0.2) is 0 Å². The largest absolute Gasteiger partial charge is 0.508 e. The van der Waals surface area contributed by atoms with Crippen LogP contribution in [0.15, 0.2) is 18.3 Å². The molecule has 0 saturated carbocycles. The number of aromatic amines is 1. The number of phenols is 1. The van der Waals surface area contributed by atoms with Crippen molar-refractivity contribution in [3.63, 3.8) is 0 Å². The highest BCUT2D eigenvalue weighted by Crippen LogP contribution is 2.36. The van der Waals surface area contributed by atoms with Gasteiger partial charge < -0.3 is 15.2 Å². The summed E-state index contributed by atoms with van der Waals surface area (Å²) < 4.78 is 0. The van der Waals surface area contributed by atoms with Crippen molar-refractivity contribution >= 4 is 16.9 Å². The molecule has 0 unspecified atom stereocenters. The summed E-state index contributed by atoms with van der Waals surface area (Å²) in [5, 5.41) is 23.2. The number of aromatic hydroxyl groups is 1. The Bertz CT molecular complexity index is 632. The Kier molecular flexibility index (Phi) is 2.31. The molecule has 2 atom stereocenters. The summed E-state index contributed by atoms with van der Waals surface area (Å²) in [6.07, 6.45) is 2.24. The summed E-state index contributed by atoms with van der Waals surface area (Å²) in [5.41, 5.74) is 2.63. The summed E-state index contributed by atoms with van der Waals surface area (Å²) in [6, 6.07) is 2.61.